The smallest absolute Gasteiger partial charge is 0.164 e. The molecule has 0 fully saturated rings. The van der Waals surface area contributed by atoms with Crippen molar-refractivity contribution in [1.82, 2.24) is 15.0 Å². The Kier molecular flexibility index (Phi) is 6.04. The van der Waals surface area contributed by atoms with Gasteiger partial charge in [0.15, 0.2) is 17.5 Å². The number of furan rings is 1. The van der Waals surface area contributed by atoms with Crippen molar-refractivity contribution in [2.75, 3.05) is 0 Å². The molecule has 0 saturated carbocycles. The summed E-state index contributed by atoms with van der Waals surface area (Å²) in [5.41, 5.74) is 6.77. The maximum atomic E-state index is 9.14. The predicted octanol–water partition coefficient (Wildman–Crippen LogP) is 13.4. The highest BCUT2D eigenvalue weighted by molar-refractivity contribution is 6.15. The number of hydrogen-bond acceptors (Lipinski definition) is 4. The quantitative estimate of drug-likeness (QED) is 0.165. The molecular formula is C51H33N3O. The largest absolute Gasteiger partial charge is 0.455 e. The first-order chi connectivity index (χ1) is 31.0. The van der Waals surface area contributed by atoms with Crippen LogP contribution in [-0.4, -0.2) is 15.0 Å². The van der Waals surface area contributed by atoms with Gasteiger partial charge in [0.05, 0.1) is 12.3 Å². The molecule has 0 aliphatic heterocycles. The lowest BCUT2D eigenvalue weighted by Crippen LogP contribution is -2.00. The van der Waals surface area contributed by atoms with Gasteiger partial charge in [-0.15, -0.1) is 0 Å². The molecule has 55 heavy (non-hydrogen) atoms. The molecule has 0 radical (unpaired) electrons. The molecule has 0 aliphatic carbocycles. The first-order valence-corrected chi connectivity index (χ1v) is 17.7. The van der Waals surface area contributed by atoms with Crippen LogP contribution in [0.3, 0.4) is 0 Å². The zero-order valence-corrected chi connectivity index (χ0v) is 29.1. The van der Waals surface area contributed by atoms with E-state index in [2.05, 4.69) is 48.5 Å². The second-order valence-corrected chi connectivity index (χ2v) is 12.9. The summed E-state index contributed by atoms with van der Waals surface area (Å²) in [5, 5.41) is 1.27. The Morgan fingerprint density at radius 2 is 0.873 bits per heavy atom. The molecule has 0 N–H and O–H groups in total. The Labute approximate surface area is 331 Å². The van der Waals surface area contributed by atoms with Crippen molar-refractivity contribution in [3.8, 4) is 78.7 Å². The Morgan fingerprint density at radius 3 is 1.58 bits per heavy atom. The molecule has 0 bridgehead atoms. The zero-order valence-electron chi connectivity index (χ0n) is 38.1. The van der Waals surface area contributed by atoms with Gasteiger partial charge < -0.3 is 4.42 Å². The summed E-state index contributed by atoms with van der Waals surface area (Å²) in [7, 11) is 0. The molecule has 2 aromatic heterocycles. The van der Waals surface area contributed by atoms with Crippen molar-refractivity contribution < 1.29 is 16.8 Å². The third-order valence-corrected chi connectivity index (χ3v) is 9.52. The van der Waals surface area contributed by atoms with Crippen molar-refractivity contribution in [3.63, 3.8) is 0 Å². The SMILES string of the molecule is [2H]c1c([2H])c([2H])c(-c2c([2H])c([2H])c(-c3cccc4c3oc3cccc(-c5nc(-c6ccccc6)nc(-c6ccc(-c7cccc(-c8ccccc8)c7)cc6)n5)c34)c([2H])c2[2H])c([2H])c1[2H]. The van der Waals surface area contributed by atoms with E-state index < -0.39 is 59.9 Å². The van der Waals surface area contributed by atoms with E-state index in [0.717, 1.165) is 33.4 Å². The molecule has 0 saturated heterocycles. The number of rotatable bonds is 7. The van der Waals surface area contributed by atoms with Crippen LogP contribution in [0.5, 0.6) is 0 Å². The Hall–Kier alpha value is -7.43. The van der Waals surface area contributed by atoms with E-state index in [0.29, 0.717) is 45.0 Å². The summed E-state index contributed by atoms with van der Waals surface area (Å²) in [5.74, 6) is 1.31. The molecular weight excluding hydrogens is 671 g/mol. The third kappa shape index (κ3) is 6.16. The van der Waals surface area contributed by atoms with Crippen LogP contribution < -0.4 is 0 Å². The minimum atomic E-state index is -0.639. The monoisotopic (exact) mass is 712 g/mol. The van der Waals surface area contributed by atoms with Gasteiger partial charge in [0, 0.05) is 33.0 Å². The fourth-order valence-electron chi connectivity index (χ4n) is 6.84. The third-order valence-electron chi connectivity index (χ3n) is 9.52. The molecule has 4 nitrogen and oxygen atoms in total. The van der Waals surface area contributed by atoms with Gasteiger partial charge in [0.25, 0.3) is 0 Å². The summed E-state index contributed by atoms with van der Waals surface area (Å²) >= 11 is 0. The Bertz CT molecular complexity index is 3430. The van der Waals surface area contributed by atoms with E-state index in [1.165, 1.54) is 0 Å². The van der Waals surface area contributed by atoms with E-state index >= 15 is 0 Å². The van der Waals surface area contributed by atoms with Gasteiger partial charge in [-0.05, 0) is 51.1 Å². The van der Waals surface area contributed by atoms with E-state index in [1.807, 2.05) is 78.9 Å². The lowest BCUT2D eigenvalue weighted by atomic mass is 9.98. The highest BCUT2D eigenvalue weighted by Crippen LogP contribution is 2.41. The van der Waals surface area contributed by atoms with Crippen LogP contribution in [-0.2, 0) is 0 Å². The van der Waals surface area contributed by atoms with E-state index in [9.17, 15) is 0 Å². The van der Waals surface area contributed by atoms with Crippen molar-refractivity contribution in [2.24, 2.45) is 0 Å². The summed E-state index contributed by atoms with van der Waals surface area (Å²) in [6.45, 7) is 0. The lowest BCUT2D eigenvalue weighted by molar-refractivity contribution is 0.670. The van der Waals surface area contributed by atoms with Gasteiger partial charge in [-0.1, -0.05) is 188 Å². The molecule has 2 heterocycles. The van der Waals surface area contributed by atoms with Crippen molar-refractivity contribution in [3.05, 3.63) is 200 Å². The minimum absolute atomic E-state index is 0.0682. The van der Waals surface area contributed by atoms with E-state index in [4.69, 9.17) is 31.7 Å². The second kappa shape index (κ2) is 13.8. The molecule has 258 valence electrons. The molecule has 0 amide bonds. The summed E-state index contributed by atoms with van der Waals surface area (Å²) in [6, 6.07) is 42.0. The Balaban J connectivity index is 1.11. The normalized spacial score (nSPS) is 13.6. The van der Waals surface area contributed by atoms with Crippen molar-refractivity contribution in [1.29, 1.82) is 0 Å². The fourth-order valence-corrected chi connectivity index (χ4v) is 6.84. The van der Waals surface area contributed by atoms with Crippen LogP contribution in [0.2, 0.25) is 0 Å². The second-order valence-electron chi connectivity index (χ2n) is 12.9. The van der Waals surface area contributed by atoms with Crippen LogP contribution in [0.1, 0.15) is 12.3 Å². The number of benzene rings is 8. The molecule has 10 rings (SSSR count). The number of para-hydroxylation sites is 1. The molecule has 4 heteroatoms. The fraction of sp³-hybridized carbons (Fsp3) is 0. The maximum absolute atomic E-state index is 9.14. The van der Waals surface area contributed by atoms with E-state index in [-0.39, 0.29) is 16.7 Å². The van der Waals surface area contributed by atoms with Crippen LogP contribution in [0.25, 0.3) is 101 Å². The van der Waals surface area contributed by atoms with Crippen molar-refractivity contribution >= 4 is 21.9 Å². The van der Waals surface area contributed by atoms with Gasteiger partial charge in [-0.25, -0.2) is 15.0 Å². The van der Waals surface area contributed by atoms with Gasteiger partial charge in [0.2, 0.25) is 0 Å². The summed E-state index contributed by atoms with van der Waals surface area (Å²) < 4.78 is 84.1. The predicted molar refractivity (Wildman–Crippen MR) is 225 cm³/mol. The average Bonchev–Trinajstić information content (AvgIpc) is 3.73. The maximum Gasteiger partial charge on any atom is 0.164 e. The van der Waals surface area contributed by atoms with Gasteiger partial charge in [-0.2, -0.15) is 0 Å². The molecule has 8 aromatic carbocycles. The first-order valence-electron chi connectivity index (χ1n) is 22.2. The van der Waals surface area contributed by atoms with Gasteiger partial charge in [0.1, 0.15) is 11.2 Å². The molecule has 0 atom stereocenters. The summed E-state index contributed by atoms with van der Waals surface area (Å²) in [6.07, 6.45) is 0. The first kappa shape index (κ1) is 24.0. The van der Waals surface area contributed by atoms with Crippen molar-refractivity contribution in [2.45, 2.75) is 0 Å². The lowest BCUT2D eigenvalue weighted by Gasteiger charge is -2.10. The standard InChI is InChI=1S/C51H33N3O/c1-4-13-34(14-5-1)36-25-29-38(30-26-36)43-21-11-22-44-47-45(23-12-24-46(47)55-48(43)44)51-53-49(39-17-8-3-9-18-39)52-50(54-51)40-31-27-37(28-32-40)42-20-10-19-41(33-42)35-15-6-2-7-16-35/h1-33H/i1D,4D,5D,13D,14D,25D,26D,29D,30D. The molecule has 0 unspecified atom stereocenters. The highest BCUT2D eigenvalue weighted by atomic mass is 16.3. The van der Waals surface area contributed by atoms with Gasteiger partial charge >= 0.3 is 0 Å². The average molecular weight is 713 g/mol. The number of aromatic nitrogens is 3. The molecule has 10 aromatic rings. The van der Waals surface area contributed by atoms with Gasteiger partial charge in [-0.3, -0.25) is 0 Å². The number of fused-ring (bicyclic) bond motifs is 3. The van der Waals surface area contributed by atoms with E-state index in [1.54, 1.807) is 18.2 Å². The number of hydrogen-bond donors (Lipinski definition) is 0. The van der Waals surface area contributed by atoms with Crippen LogP contribution in [0.15, 0.2) is 204 Å². The Morgan fingerprint density at radius 1 is 0.364 bits per heavy atom. The number of nitrogens with zero attached hydrogens (tertiary/aromatic N) is 3. The van der Waals surface area contributed by atoms with Crippen LogP contribution in [0.4, 0.5) is 0 Å². The zero-order chi connectivity index (χ0) is 44.4. The van der Waals surface area contributed by atoms with Crippen LogP contribution >= 0.6 is 0 Å². The summed E-state index contributed by atoms with van der Waals surface area (Å²) in [4.78, 5) is 15.0. The van der Waals surface area contributed by atoms with Crippen LogP contribution in [0, 0.1) is 0 Å². The molecule has 0 spiro atoms. The molecule has 0 aliphatic rings. The highest BCUT2D eigenvalue weighted by Gasteiger charge is 2.19. The topological polar surface area (TPSA) is 51.8 Å². The minimum Gasteiger partial charge on any atom is -0.455 e.